The zero-order valence-corrected chi connectivity index (χ0v) is 7.73. The SMILES string of the molecule is NCc1ncc(C2CCCS2)[nH]1. The predicted molar refractivity (Wildman–Crippen MR) is 50.9 cm³/mol. The monoisotopic (exact) mass is 183 g/mol. The number of imidazole rings is 1. The molecule has 4 heteroatoms. The predicted octanol–water partition coefficient (Wildman–Crippen LogP) is 1.44. The Kier molecular flexibility index (Phi) is 2.37. The zero-order chi connectivity index (χ0) is 8.39. The molecular formula is C8H13N3S. The Hall–Kier alpha value is -0.480. The number of thioether (sulfide) groups is 1. The fourth-order valence-corrected chi connectivity index (χ4v) is 2.72. The lowest BCUT2D eigenvalue weighted by Crippen LogP contribution is -1.98. The summed E-state index contributed by atoms with van der Waals surface area (Å²) in [6.45, 7) is 0.511. The third kappa shape index (κ3) is 1.49. The fourth-order valence-electron chi connectivity index (χ4n) is 1.47. The van der Waals surface area contributed by atoms with Gasteiger partial charge in [-0.3, -0.25) is 0 Å². The fraction of sp³-hybridized carbons (Fsp3) is 0.625. The van der Waals surface area contributed by atoms with Gasteiger partial charge in [0.25, 0.3) is 0 Å². The van der Waals surface area contributed by atoms with Crippen LogP contribution >= 0.6 is 11.8 Å². The van der Waals surface area contributed by atoms with E-state index in [-0.39, 0.29) is 0 Å². The van der Waals surface area contributed by atoms with Crippen molar-refractivity contribution in [3.63, 3.8) is 0 Å². The van der Waals surface area contributed by atoms with Crippen LogP contribution in [0.15, 0.2) is 6.20 Å². The van der Waals surface area contributed by atoms with Gasteiger partial charge in [-0.2, -0.15) is 11.8 Å². The van der Waals surface area contributed by atoms with E-state index in [0.717, 1.165) is 5.82 Å². The van der Waals surface area contributed by atoms with Gasteiger partial charge in [0.2, 0.25) is 0 Å². The van der Waals surface area contributed by atoms with Crippen LogP contribution in [0.25, 0.3) is 0 Å². The summed E-state index contributed by atoms with van der Waals surface area (Å²) in [5.41, 5.74) is 6.71. The molecule has 2 rings (SSSR count). The third-order valence-corrected chi connectivity index (χ3v) is 3.53. The lowest BCUT2D eigenvalue weighted by Gasteiger charge is -2.03. The van der Waals surface area contributed by atoms with Gasteiger partial charge in [0.05, 0.1) is 6.54 Å². The molecule has 0 saturated carbocycles. The molecule has 66 valence electrons. The molecule has 3 nitrogen and oxygen atoms in total. The number of hydrogen-bond acceptors (Lipinski definition) is 3. The van der Waals surface area contributed by atoms with E-state index in [1.165, 1.54) is 24.3 Å². The zero-order valence-electron chi connectivity index (χ0n) is 6.92. The lowest BCUT2D eigenvalue weighted by atomic mass is 10.2. The molecular weight excluding hydrogens is 170 g/mol. The minimum Gasteiger partial charge on any atom is -0.344 e. The number of rotatable bonds is 2. The molecule has 0 radical (unpaired) electrons. The number of aromatic amines is 1. The molecule has 1 aromatic rings. The van der Waals surface area contributed by atoms with E-state index in [9.17, 15) is 0 Å². The molecule has 1 aliphatic rings. The lowest BCUT2D eigenvalue weighted by molar-refractivity contribution is 0.806. The molecule has 1 aliphatic heterocycles. The summed E-state index contributed by atoms with van der Waals surface area (Å²) in [4.78, 5) is 7.43. The first-order chi connectivity index (χ1) is 5.90. The van der Waals surface area contributed by atoms with E-state index in [1.54, 1.807) is 0 Å². The summed E-state index contributed by atoms with van der Waals surface area (Å²) in [6, 6.07) is 0. The summed E-state index contributed by atoms with van der Waals surface area (Å²) in [5.74, 6) is 2.18. The second-order valence-corrected chi connectivity index (χ2v) is 4.30. The van der Waals surface area contributed by atoms with Gasteiger partial charge in [-0.25, -0.2) is 4.98 Å². The van der Waals surface area contributed by atoms with Crippen LogP contribution in [0.4, 0.5) is 0 Å². The van der Waals surface area contributed by atoms with E-state index >= 15 is 0 Å². The summed E-state index contributed by atoms with van der Waals surface area (Å²) < 4.78 is 0. The van der Waals surface area contributed by atoms with E-state index in [4.69, 9.17) is 5.73 Å². The number of hydrogen-bond donors (Lipinski definition) is 2. The minimum atomic E-state index is 0.511. The highest BCUT2D eigenvalue weighted by Crippen LogP contribution is 2.38. The maximum absolute atomic E-state index is 5.46. The van der Waals surface area contributed by atoms with Gasteiger partial charge < -0.3 is 10.7 Å². The number of H-pyrrole nitrogens is 1. The highest BCUT2D eigenvalue weighted by atomic mass is 32.2. The Labute approximate surface area is 76.1 Å². The first-order valence-corrected chi connectivity index (χ1v) is 5.30. The second-order valence-electron chi connectivity index (χ2n) is 2.99. The molecule has 1 atom stereocenters. The van der Waals surface area contributed by atoms with Crippen LogP contribution in [-0.2, 0) is 6.54 Å². The Morgan fingerprint density at radius 2 is 2.67 bits per heavy atom. The van der Waals surface area contributed by atoms with Crippen molar-refractivity contribution in [1.29, 1.82) is 0 Å². The van der Waals surface area contributed by atoms with Crippen LogP contribution in [0.5, 0.6) is 0 Å². The Bertz CT molecular complexity index is 253. The van der Waals surface area contributed by atoms with Gasteiger partial charge in [-0.05, 0) is 18.6 Å². The van der Waals surface area contributed by atoms with Crippen LogP contribution in [0.3, 0.4) is 0 Å². The van der Waals surface area contributed by atoms with Crippen molar-refractivity contribution in [2.45, 2.75) is 24.6 Å². The van der Waals surface area contributed by atoms with Crippen molar-refractivity contribution in [2.75, 3.05) is 5.75 Å². The number of nitrogens with zero attached hydrogens (tertiary/aromatic N) is 1. The number of nitrogens with one attached hydrogen (secondary N) is 1. The van der Waals surface area contributed by atoms with E-state index in [0.29, 0.717) is 11.8 Å². The van der Waals surface area contributed by atoms with Crippen LogP contribution in [0.1, 0.15) is 29.6 Å². The molecule has 0 aromatic carbocycles. The molecule has 12 heavy (non-hydrogen) atoms. The summed E-state index contributed by atoms with van der Waals surface area (Å²) in [7, 11) is 0. The Morgan fingerprint density at radius 3 is 3.25 bits per heavy atom. The summed E-state index contributed by atoms with van der Waals surface area (Å²) in [5, 5.41) is 0.637. The van der Waals surface area contributed by atoms with E-state index < -0.39 is 0 Å². The molecule has 1 aromatic heterocycles. The summed E-state index contributed by atoms with van der Waals surface area (Å²) >= 11 is 2.01. The van der Waals surface area contributed by atoms with Crippen molar-refractivity contribution in [1.82, 2.24) is 9.97 Å². The average molecular weight is 183 g/mol. The van der Waals surface area contributed by atoms with Crippen molar-refractivity contribution < 1.29 is 0 Å². The van der Waals surface area contributed by atoms with E-state index in [2.05, 4.69) is 9.97 Å². The number of nitrogens with two attached hydrogens (primary N) is 1. The molecule has 2 heterocycles. The molecule has 0 bridgehead atoms. The molecule has 0 amide bonds. The topological polar surface area (TPSA) is 54.7 Å². The highest BCUT2D eigenvalue weighted by molar-refractivity contribution is 7.99. The third-order valence-electron chi connectivity index (χ3n) is 2.12. The van der Waals surface area contributed by atoms with Crippen molar-refractivity contribution >= 4 is 11.8 Å². The smallest absolute Gasteiger partial charge is 0.120 e. The van der Waals surface area contributed by atoms with Gasteiger partial charge in [0.15, 0.2) is 0 Å². The molecule has 1 unspecified atom stereocenters. The molecule has 1 fully saturated rings. The van der Waals surface area contributed by atoms with Gasteiger partial charge >= 0.3 is 0 Å². The maximum Gasteiger partial charge on any atom is 0.120 e. The van der Waals surface area contributed by atoms with Crippen LogP contribution < -0.4 is 5.73 Å². The molecule has 3 N–H and O–H groups in total. The van der Waals surface area contributed by atoms with Crippen molar-refractivity contribution in [3.05, 3.63) is 17.7 Å². The van der Waals surface area contributed by atoms with Gasteiger partial charge in [0, 0.05) is 17.1 Å². The van der Waals surface area contributed by atoms with Crippen LogP contribution in [-0.4, -0.2) is 15.7 Å². The van der Waals surface area contributed by atoms with E-state index in [1.807, 2.05) is 18.0 Å². The van der Waals surface area contributed by atoms with Gasteiger partial charge in [-0.1, -0.05) is 0 Å². The quantitative estimate of drug-likeness (QED) is 0.729. The Morgan fingerprint density at radius 1 is 1.75 bits per heavy atom. The first kappa shape index (κ1) is 8.13. The largest absolute Gasteiger partial charge is 0.344 e. The molecule has 0 spiro atoms. The first-order valence-electron chi connectivity index (χ1n) is 4.25. The summed E-state index contributed by atoms with van der Waals surface area (Å²) in [6.07, 6.45) is 4.52. The van der Waals surface area contributed by atoms with Crippen LogP contribution in [0, 0.1) is 0 Å². The normalized spacial score (nSPS) is 23.2. The van der Waals surface area contributed by atoms with Crippen LogP contribution in [0.2, 0.25) is 0 Å². The number of aromatic nitrogens is 2. The Balaban J connectivity index is 2.11. The molecule has 1 saturated heterocycles. The maximum atomic E-state index is 5.46. The molecule has 0 aliphatic carbocycles. The van der Waals surface area contributed by atoms with Crippen molar-refractivity contribution in [3.8, 4) is 0 Å². The standard InChI is InChI=1S/C8H13N3S/c9-4-8-10-5-6(11-8)7-2-1-3-12-7/h5,7H,1-4,9H2,(H,10,11). The minimum absolute atomic E-state index is 0.511. The highest BCUT2D eigenvalue weighted by Gasteiger charge is 2.19. The second kappa shape index (κ2) is 3.49. The van der Waals surface area contributed by atoms with Gasteiger partial charge in [0.1, 0.15) is 5.82 Å². The van der Waals surface area contributed by atoms with Gasteiger partial charge in [-0.15, -0.1) is 0 Å². The average Bonchev–Trinajstić information content (AvgIpc) is 2.75. The van der Waals surface area contributed by atoms with Crippen molar-refractivity contribution in [2.24, 2.45) is 5.73 Å².